The van der Waals surface area contributed by atoms with E-state index in [0.717, 1.165) is 10.5 Å². The van der Waals surface area contributed by atoms with Gasteiger partial charge in [-0.15, -0.1) is 0 Å². The van der Waals surface area contributed by atoms with Crippen LogP contribution in [0.2, 0.25) is 0 Å². The largest absolute Gasteiger partial charge is 0.497 e. The van der Waals surface area contributed by atoms with Gasteiger partial charge < -0.3 is 20.1 Å². The first-order valence-corrected chi connectivity index (χ1v) is 8.48. The summed E-state index contributed by atoms with van der Waals surface area (Å²) in [5.74, 6) is -1.11. The molecule has 0 spiro atoms. The second-order valence-corrected chi connectivity index (χ2v) is 6.29. The first kappa shape index (κ1) is 20.2. The normalized spacial score (nSPS) is 18.9. The molecule has 0 radical (unpaired) electrons. The second kappa shape index (κ2) is 8.52. The van der Waals surface area contributed by atoms with Crippen LogP contribution in [0.15, 0.2) is 24.3 Å². The Morgan fingerprint density at radius 3 is 2.44 bits per heavy atom. The first-order chi connectivity index (χ1) is 12.8. The molecule has 1 fully saturated rings. The Kier molecular flexibility index (Phi) is 6.38. The van der Waals surface area contributed by atoms with Gasteiger partial charge in [0, 0.05) is 6.54 Å². The summed E-state index contributed by atoms with van der Waals surface area (Å²) in [7, 11) is 1.56. The van der Waals surface area contributed by atoms with Crippen LogP contribution in [-0.4, -0.2) is 54.5 Å². The van der Waals surface area contributed by atoms with E-state index in [-0.39, 0.29) is 6.54 Å². The smallest absolute Gasteiger partial charge is 0.326 e. The maximum absolute atomic E-state index is 12.2. The van der Waals surface area contributed by atoms with Gasteiger partial charge in [-0.1, -0.05) is 19.1 Å². The molecule has 1 heterocycles. The summed E-state index contributed by atoms with van der Waals surface area (Å²) in [6.07, 6.45) is 0.400. The Labute approximate surface area is 157 Å². The lowest BCUT2D eigenvalue weighted by Crippen LogP contribution is -2.43. The number of hydrogen-bond acceptors (Lipinski definition) is 6. The molecule has 2 N–H and O–H groups in total. The van der Waals surface area contributed by atoms with Gasteiger partial charge in [-0.05, 0) is 31.0 Å². The Hall–Kier alpha value is -3.10. The molecule has 27 heavy (non-hydrogen) atoms. The standard InChI is InChI=1S/C18H23N3O6/c1-4-18(2)16(24)21(17(25)20-18)10-15(23)27-11-14(22)19-9-12-5-7-13(26-3)8-6-12/h5-8H,4,9-11H2,1-3H3,(H,19,22)(H,20,25)/t18-/m0/s1. The van der Waals surface area contributed by atoms with Crippen molar-refractivity contribution < 1.29 is 28.7 Å². The number of carbonyl (C=O) groups is 4. The summed E-state index contributed by atoms with van der Waals surface area (Å²) >= 11 is 0. The van der Waals surface area contributed by atoms with Crippen molar-refractivity contribution in [1.82, 2.24) is 15.5 Å². The topological polar surface area (TPSA) is 114 Å². The number of rotatable bonds is 8. The van der Waals surface area contributed by atoms with Crippen LogP contribution < -0.4 is 15.4 Å². The van der Waals surface area contributed by atoms with E-state index >= 15 is 0 Å². The van der Waals surface area contributed by atoms with Gasteiger partial charge in [0.05, 0.1) is 7.11 Å². The lowest BCUT2D eigenvalue weighted by atomic mass is 9.99. The van der Waals surface area contributed by atoms with Crippen LogP contribution in [0, 0.1) is 0 Å². The highest BCUT2D eigenvalue weighted by Crippen LogP contribution is 2.20. The molecule has 0 bridgehead atoms. The minimum absolute atomic E-state index is 0.266. The number of ether oxygens (including phenoxy) is 2. The average molecular weight is 377 g/mol. The van der Waals surface area contributed by atoms with Gasteiger partial charge >= 0.3 is 12.0 Å². The minimum Gasteiger partial charge on any atom is -0.497 e. The molecule has 1 aliphatic heterocycles. The van der Waals surface area contributed by atoms with Crippen molar-refractivity contribution in [1.29, 1.82) is 0 Å². The zero-order valence-corrected chi connectivity index (χ0v) is 15.5. The molecule has 0 aliphatic carbocycles. The average Bonchev–Trinajstić information content (AvgIpc) is 2.88. The highest BCUT2D eigenvalue weighted by Gasteiger charge is 2.47. The number of esters is 1. The lowest BCUT2D eigenvalue weighted by molar-refractivity contribution is -0.151. The van der Waals surface area contributed by atoms with Crippen molar-refractivity contribution in [2.24, 2.45) is 0 Å². The predicted molar refractivity (Wildman–Crippen MR) is 94.7 cm³/mol. The molecule has 9 nitrogen and oxygen atoms in total. The van der Waals surface area contributed by atoms with E-state index < -0.39 is 42.5 Å². The minimum atomic E-state index is -1.02. The summed E-state index contributed by atoms with van der Waals surface area (Å²) in [6, 6.07) is 6.49. The number of nitrogens with zero attached hydrogens (tertiary/aromatic N) is 1. The zero-order chi connectivity index (χ0) is 20.0. The van der Waals surface area contributed by atoms with E-state index in [9.17, 15) is 19.2 Å². The Morgan fingerprint density at radius 2 is 1.89 bits per heavy atom. The van der Waals surface area contributed by atoms with E-state index in [0.29, 0.717) is 12.2 Å². The summed E-state index contributed by atoms with van der Waals surface area (Å²) in [5.41, 5.74) is -0.165. The van der Waals surface area contributed by atoms with E-state index in [4.69, 9.17) is 9.47 Å². The quantitative estimate of drug-likeness (QED) is 0.506. The molecule has 1 atom stereocenters. The third-order valence-electron chi connectivity index (χ3n) is 4.35. The molecule has 9 heteroatoms. The molecule has 0 unspecified atom stereocenters. The monoisotopic (exact) mass is 377 g/mol. The van der Waals surface area contributed by atoms with Crippen LogP contribution in [0.4, 0.5) is 4.79 Å². The molecule has 1 aromatic carbocycles. The van der Waals surface area contributed by atoms with E-state index in [1.54, 1.807) is 45.2 Å². The van der Waals surface area contributed by atoms with Crippen LogP contribution >= 0.6 is 0 Å². The fourth-order valence-corrected chi connectivity index (χ4v) is 2.45. The van der Waals surface area contributed by atoms with Crippen molar-refractivity contribution in [3.05, 3.63) is 29.8 Å². The van der Waals surface area contributed by atoms with Crippen LogP contribution in [0.3, 0.4) is 0 Å². The highest BCUT2D eigenvalue weighted by molar-refractivity contribution is 6.08. The predicted octanol–water partition coefficient (Wildman–Crippen LogP) is 0.575. The number of benzene rings is 1. The fourth-order valence-electron chi connectivity index (χ4n) is 2.45. The molecule has 1 aromatic rings. The summed E-state index contributed by atoms with van der Waals surface area (Å²) in [6.45, 7) is 2.58. The second-order valence-electron chi connectivity index (χ2n) is 6.29. The zero-order valence-electron chi connectivity index (χ0n) is 15.5. The Bertz CT molecular complexity index is 733. The number of imide groups is 1. The molecule has 1 saturated heterocycles. The van der Waals surface area contributed by atoms with E-state index in [1.807, 2.05) is 0 Å². The molecule has 146 valence electrons. The van der Waals surface area contributed by atoms with Crippen LogP contribution in [0.25, 0.3) is 0 Å². The molecular formula is C18H23N3O6. The van der Waals surface area contributed by atoms with Gasteiger partial charge in [0.2, 0.25) is 0 Å². The van der Waals surface area contributed by atoms with Crippen LogP contribution in [0.1, 0.15) is 25.8 Å². The van der Waals surface area contributed by atoms with Gasteiger partial charge in [0.1, 0.15) is 17.8 Å². The highest BCUT2D eigenvalue weighted by atomic mass is 16.5. The maximum atomic E-state index is 12.2. The Morgan fingerprint density at radius 1 is 1.22 bits per heavy atom. The van der Waals surface area contributed by atoms with Crippen LogP contribution in [-0.2, 0) is 25.7 Å². The van der Waals surface area contributed by atoms with Gasteiger partial charge in [0.25, 0.3) is 11.8 Å². The van der Waals surface area contributed by atoms with E-state index in [2.05, 4.69) is 10.6 Å². The van der Waals surface area contributed by atoms with Gasteiger partial charge in [-0.3, -0.25) is 19.3 Å². The van der Waals surface area contributed by atoms with Gasteiger partial charge in [-0.2, -0.15) is 0 Å². The van der Waals surface area contributed by atoms with Crippen molar-refractivity contribution in [2.45, 2.75) is 32.4 Å². The van der Waals surface area contributed by atoms with Crippen molar-refractivity contribution >= 4 is 23.8 Å². The fraction of sp³-hybridized carbons (Fsp3) is 0.444. The van der Waals surface area contributed by atoms with Gasteiger partial charge in [0.15, 0.2) is 6.61 Å². The summed E-state index contributed by atoms with van der Waals surface area (Å²) < 4.78 is 9.89. The van der Waals surface area contributed by atoms with Crippen LogP contribution in [0.5, 0.6) is 5.75 Å². The number of urea groups is 1. The number of amides is 4. The number of carbonyl (C=O) groups excluding carboxylic acids is 4. The summed E-state index contributed by atoms with van der Waals surface area (Å²) in [5, 5.41) is 5.15. The first-order valence-electron chi connectivity index (χ1n) is 8.48. The van der Waals surface area contributed by atoms with Crippen molar-refractivity contribution in [3.8, 4) is 5.75 Å². The number of nitrogens with one attached hydrogen (secondary N) is 2. The number of hydrogen-bond donors (Lipinski definition) is 2. The molecule has 0 saturated carbocycles. The SMILES string of the molecule is CC[C@]1(C)NC(=O)N(CC(=O)OCC(=O)NCc2ccc(OC)cc2)C1=O. The molecule has 2 rings (SSSR count). The third kappa shape index (κ3) is 4.96. The van der Waals surface area contributed by atoms with Crippen molar-refractivity contribution in [2.75, 3.05) is 20.3 Å². The molecule has 1 aliphatic rings. The number of methoxy groups -OCH3 is 1. The molecule has 4 amide bonds. The molecular weight excluding hydrogens is 354 g/mol. The third-order valence-corrected chi connectivity index (χ3v) is 4.35. The summed E-state index contributed by atoms with van der Waals surface area (Å²) in [4.78, 5) is 48.5. The van der Waals surface area contributed by atoms with E-state index in [1.165, 1.54) is 0 Å². The lowest BCUT2D eigenvalue weighted by Gasteiger charge is -2.18. The van der Waals surface area contributed by atoms with Gasteiger partial charge in [-0.25, -0.2) is 4.79 Å². The maximum Gasteiger partial charge on any atom is 0.326 e. The molecule has 0 aromatic heterocycles. The van der Waals surface area contributed by atoms with Crippen molar-refractivity contribution in [3.63, 3.8) is 0 Å². The Balaban J connectivity index is 1.75.